The van der Waals surface area contributed by atoms with Gasteiger partial charge in [0.15, 0.2) is 0 Å². The highest BCUT2D eigenvalue weighted by molar-refractivity contribution is 5.87. The molecule has 0 aliphatic rings. The van der Waals surface area contributed by atoms with Crippen molar-refractivity contribution in [2.24, 2.45) is 0 Å². The van der Waals surface area contributed by atoms with E-state index in [2.05, 4.69) is 40.6 Å². The number of aromatic amines is 1. The number of phenols is 1. The first kappa shape index (κ1) is 25.0. The Morgan fingerprint density at radius 3 is 2.42 bits per heavy atom. The van der Waals surface area contributed by atoms with Crippen LogP contribution in [0.4, 0.5) is 0 Å². The summed E-state index contributed by atoms with van der Waals surface area (Å²) in [4.78, 5) is 14.3. The van der Waals surface area contributed by atoms with Crippen molar-refractivity contribution < 1.29 is 14.9 Å². The number of hydrogen-bond acceptors (Lipinski definition) is 5. The number of fused-ring (bicyclic) bond motifs is 1. The van der Waals surface area contributed by atoms with Crippen LogP contribution in [0.2, 0.25) is 0 Å². The van der Waals surface area contributed by atoms with Crippen LogP contribution in [0, 0.1) is 0 Å². The van der Waals surface area contributed by atoms with E-state index in [4.69, 9.17) is 4.74 Å². The molecule has 3 rings (SSSR count). The normalized spacial score (nSPS) is 12.3. The Kier molecular flexibility index (Phi) is 10.4. The first-order valence-corrected chi connectivity index (χ1v) is 12.0. The second-order valence-corrected chi connectivity index (χ2v) is 8.44. The highest BCUT2D eigenvalue weighted by Gasteiger charge is 2.15. The van der Waals surface area contributed by atoms with Crippen LogP contribution in [0.1, 0.15) is 55.7 Å². The highest BCUT2D eigenvalue weighted by atomic mass is 16.5. The molecule has 0 bridgehead atoms. The lowest BCUT2D eigenvalue weighted by Gasteiger charge is -2.19. The van der Waals surface area contributed by atoms with Gasteiger partial charge < -0.3 is 25.3 Å². The Labute approximate surface area is 195 Å². The first-order valence-electron chi connectivity index (χ1n) is 12.0. The summed E-state index contributed by atoms with van der Waals surface area (Å²) in [5.41, 5.74) is 2.39. The van der Waals surface area contributed by atoms with Gasteiger partial charge in [-0.05, 0) is 61.9 Å². The number of aliphatic hydroxyl groups is 1. The van der Waals surface area contributed by atoms with Gasteiger partial charge in [0.25, 0.3) is 0 Å². The van der Waals surface area contributed by atoms with Crippen LogP contribution in [0.25, 0.3) is 10.9 Å². The second kappa shape index (κ2) is 13.8. The topological polar surface area (TPSA) is 94.6 Å². The molecule has 0 saturated heterocycles. The minimum Gasteiger partial charge on any atom is -0.506 e. The number of ether oxygens (including phenoxy) is 1. The van der Waals surface area contributed by atoms with Gasteiger partial charge in [-0.15, -0.1) is 0 Å². The maximum absolute atomic E-state index is 11.6. The maximum Gasteiger partial charge on any atom is 0.248 e. The Balaban J connectivity index is 1.27. The lowest BCUT2D eigenvalue weighted by Crippen LogP contribution is -2.25. The summed E-state index contributed by atoms with van der Waals surface area (Å²) in [6.07, 6.45) is 7.68. The third-order valence-electron chi connectivity index (χ3n) is 5.92. The SMILES string of the molecule is O=c1ccc2c(C(CO)NCCCCCCOCCCCc3ccccc3)ccc(O)c2[nH]1. The second-order valence-electron chi connectivity index (χ2n) is 8.44. The summed E-state index contributed by atoms with van der Waals surface area (Å²) in [7, 11) is 0. The predicted octanol–water partition coefficient (Wildman–Crippen LogP) is 4.46. The molecule has 0 radical (unpaired) electrons. The number of pyridine rings is 1. The molecule has 0 saturated carbocycles. The first-order chi connectivity index (χ1) is 16.2. The number of aliphatic hydroxyl groups excluding tert-OH is 1. The number of aryl methyl sites for hydroxylation is 1. The van der Waals surface area contributed by atoms with Crippen molar-refractivity contribution in [2.45, 2.75) is 51.0 Å². The average molecular weight is 453 g/mol. The van der Waals surface area contributed by atoms with Crippen LogP contribution < -0.4 is 10.9 Å². The Hall–Kier alpha value is -2.67. The fourth-order valence-corrected chi connectivity index (χ4v) is 4.07. The predicted molar refractivity (Wildman–Crippen MR) is 133 cm³/mol. The fourth-order valence-electron chi connectivity index (χ4n) is 4.07. The number of nitrogens with one attached hydrogen (secondary N) is 2. The van der Waals surface area contributed by atoms with Crippen LogP contribution in [-0.4, -0.2) is 41.6 Å². The van der Waals surface area contributed by atoms with Crippen molar-refractivity contribution in [3.63, 3.8) is 0 Å². The molecule has 1 atom stereocenters. The monoisotopic (exact) mass is 452 g/mol. The summed E-state index contributed by atoms with van der Waals surface area (Å²) in [6, 6.07) is 16.8. The van der Waals surface area contributed by atoms with Crippen molar-refractivity contribution >= 4 is 10.9 Å². The maximum atomic E-state index is 11.6. The molecule has 0 fully saturated rings. The molecule has 1 aromatic heterocycles. The molecule has 0 amide bonds. The highest BCUT2D eigenvalue weighted by Crippen LogP contribution is 2.28. The van der Waals surface area contributed by atoms with E-state index >= 15 is 0 Å². The van der Waals surface area contributed by atoms with Crippen molar-refractivity contribution in [3.05, 3.63) is 76.1 Å². The molecule has 178 valence electrons. The van der Waals surface area contributed by atoms with Gasteiger partial charge in [-0.3, -0.25) is 4.79 Å². The van der Waals surface area contributed by atoms with E-state index in [1.165, 1.54) is 11.6 Å². The largest absolute Gasteiger partial charge is 0.506 e. The van der Waals surface area contributed by atoms with Gasteiger partial charge in [0.05, 0.1) is 18.2 Å². The summed E-state index contributed by atoms with van der Waals surface area (Å²) >= 11 is 0. The quantitative estimate of drug-likeness (QED) is 0.256. The standard InChI is InChI=1S/C27H36N2O4/c30-20-24(22-13-15-25(31)27-23(22)14-16-26(32)29-27)28-17-7-1-2-8-18-33-19-9-6-12-21-10-4-3-5-11-21/h3-5,10-11,13-16,24,28,30-31H,1-2,6-9,12,17-20H2,(H,29,32). The van der Waals surface area contributed by atoms with E-state index < -0.39 is 0 Å². The van der Waals surface area contributed by atoms with Crippen LogP contribution in [-0.2, 0) is 11.2 Å². The Morgan fingerprint density at radius 2 is 1.64 bits per heavy atom. The Bertz CT molecular complexity index is 1020. The zero-order chi connectivity index (χ0) is 23.3. The van der Waals surface area contributed by atoms with E-state index in [1.54, 1.807) is 18.2 Å². The zero-order valence-electron chi connectivity index (χ0n) is 19.3. The fraction of sp³-hybridized carbons (Fsp3) is 0.444. The molecule has 0 aliphatic heterocycles. The van der Waals surface area contributed by atoms with Crippen molar-refractivity contribution in [1.29, 1.82) is 0 Å². The van der Waals surface area contributed by atoms with E-state index in [0.717, 1.165) is 75.7 Å². The van der Waals surface area contributed by atoms with Crippen molar-refractivity contribution in [2.75, 3.05) is 26.4 Å². The number of hydrogen-bond donors (Lipinski definition) is 4. The molecule has 0 spiro atoms. The van der Waals surface area contributed by atoms with Crippen LogP contribution in [0.5, 0.6) is 5.75 Å². The number of phenolic OH excluding ortho intramolecular Hbond substituents is 1. The van der Waals surface area contributed by atoms with Gasteiger partial charge in [-0.2, -0.15) is 0 Å². The number of aromatic hydroxyl groups is 1. The molecule has 3 aromatic rings. The van der Waals surface area contributed by atoms with Gasteiger partial charge in [-0.1, -0.05) is 49.2 Å². The summed E-state index contributed by atoms with van der Waals surface area (Å²) in [6.45, 7) is 2.38. The third-order valence-corrected chi connectivity index (χ3v) is 5.92. The van der Waals surface area contributed by atoms with Gasteiger partial charge in [0, 0.05) is 24.7 Å². The average Bonchev–Trinajstić information content (AvgIpc) is 2.84. The minimum atomic E-state index is -0.264. The zero-order valence-corrected chi connectivity index (χ0v) is 19.3. The lowest BCUT2D eigenvalue weighted by molar-refractivity contribution is 0.126. The third kappa shape index (κ3) is 8.00. The van der Waals surface area contributed by atoms with Crippen LogP contribution >= 0.6 is 0 Å². The number of H-pyrrole nitrogens is 1. The van der Waals surface area contributed by atoms with Gasteiger partial charge in [0.1, 0.15) is 5.75 Å². The summed E-state index contributed by atoms with van der Waals surface area (Å²) < 4.78 is 5.76. The Morgan fingerprint density at radius 1 is 0.879 bits per heavy atom. The van der Waals surface area contributed by atoms with E-state index in [9.17, 15) is 15.0 Å². The number of aromatic nitrogens is 1. The van der Waals surface area contributed by atoms with Gasteiger partial charge in [-0.25, -0.2) is 0 Å². The van der Waals surface area contributed by atoms with Crippen LogP contribution in [0.3, 0.4) is 0 Å². The van der Waals surface area contributed by atoms with Gasteiger partial charge >= 0.3 is 0 Å². The molecule has 1 heterocycles. The molecule has 6 heteroatoms. The van der Waals surface area contributed by atoms with Crippen LogP contribution in [0.15, 0.2) is 59.4 Å². The molecule has 6 nitrogen and oxygen atoms in total. The smallest absolute Gasteiger partial charge is 0.248 e. The van der Waals surface area contributed by atoms with E-state index in [1.807, 2.05) is 0 Å². The number of rotatable bonds is 15. The van der Waals surface area contributed by atoms with Crippen molar-refractivity contribution in [1.82, 2.24) is 10.3 Å². The lowest BCUT2D eigenvalue weighted by atomic mass is 10.0. The molecular weight excluding hydrogens is 416 g/mol. The minimum absolute atomic E-state index is 0.0292. The molecule has 0 aliphatic carbocycles. The van der Waals surface area contributed by atoms with Crippen molar-refractivity contribution in [3.8, 4) is 5.75 Å². The summed E-state index contributed by atoms with van der Waals surface area (Å²) in [5.74, 6) is 0.0292. The van der Waals surface area contributed by atoms with Gasteiger partial charge in [0.2, 0.25) is 5.56 Å². The molecule has 2 aromatic carbocycles. The molecule has 33 heavy (non-hydrogen) atoms. The molecule has 1 unspecified atom stereocenters. The van der Waals surface area contributed by atoms with E-state index in [-0.39, 0.29) is 24.0 Å². The molecular formula is C27H36N2O4. The number of benzene rings is 2. The van der Waals surface area contributed by atoms with E-state index in [0.29, 0.717) is 5.52 Å². The number of unbranched alkanes of at least 4 members (excludes halogenated alkanes) is 4. The molecule has 4 N–H and O–H groups in total. The summed E-state index contributed by atoms with van der Waals surface area (Å²) in [5, 5.41) is 24.0.